The quantitative estimate of drug-likeness (QED) is 0.722. The van der Waals surface area contributed by atoms with E-state index in [0.29, 0.717) is 0 Å². The van der Waals surface area contributed by atoms with Crippen LogP contribution in [0.4, 0.5) is 5.69 Å². The second-order valence-corrected chi connectivity index (χ2v) is 9.43. The number of benzene rings is 2. The summed E-state index contributed by atoms with van der Waals surface area (Å²) in [6.45, 7) is 2.01. The summed E-state index contributed by atoms with van der Waals surface area (Å²) in [7, 11) is -4.84. The molecule has 1 N–H and O–H groups in total. The summed E-state index contributed by atoms with van der Waals surface area (Å²) in [5.41, 5.74) is 0.849. The molecule has 0 unspecified atom stereocenters. The van der Waals surface area contributed by atoms with E-state index in [9.17, 15) is 16.8 Å². The van der Waals surface area contributed by atoms with Crippen LogP contribution in [0.25, 0.3) is 6.08 Å². The highest BCUT2D eigenvalue weighted by Crippen LogP contribution is 2.29. The summed E-state index contributed by atoms with van der Waals surface area (Å²) in [5, 5.41) is 1.03. The van der Waals surface area contributed by atoms with E-state index in [-0.39, 0.29) is 22.9 Å². The van der Waals surface area contributed by atoms with E-state index in [0.717, 1.165) is 15.3 Å². The van der Waals surface area contributed by atoms with Gasteiger partial charge in [0.2, 0.25) is 10.0 Å². The third-order valence-corrected chi connectivity index (χ3v) is 6.35. The van der Waals surface area contributed by atoms with E-state index in [1.165, 1.54) is 38.4 Å². The zero-order valence-corrected chi connectivity index (χ0v) is 16.9. The van der Waals surface area contributed by atoms with Crippen LogP contribution in [0.15, 0.2) is 58.8 Å². The van der Waals surface area contributed by atoms with Gasteiger partial charge >= 0.3 is 0 Å². The van der Waals surface area contributed by atoms with Crippen molar-refractivity contribution in [3.8, 4) is 5.75 Å². The topological polar surface area (TPSA) is 92.8 Å². The van der Waals surface area contributed by atoms with Crippen LogP contribution in [0, 0.1) is 0 Å². The van der Waals surface area contributed by atoms with Crippen LogP contribution in [-0.2, 0) is 20.0 Å². The number of anilines is 1. The van der Waals surface area contributed by atoms with Crippen molar-refractivity contribution in [3.05, 3.63) is 59.5 Å². The van der Waals surface area contributed by atoms with Gasteiger partial charge in [-0.1, -0.05) is 30.3 Å². The first-order valence-electron chi connectivity index (χ1n) is 8.11. The molecular weight excluding hydrogens is 388 g/mol. The van der Waals surface area contributed by atoms with Gasteiger partial charge in [-0.2, -0.15) is 0 Å². The van der Waals surface area contributed by atoms with Gasteiger partial charge < -0.3 is 4.74 Å². The smallest absolute Gasteiger partial charge is 0.255 e. The van der Waals surface area contributed by atoms with Crippen molar-refractivity contribution in [1.82, 2.24) is 4.31 Å². The summed E-state index contributed by atoms with van der Waals surface area (Å²) in [5.74, 6) is 0.161. The van der Waals surface area contributed by atoms with E-state index >= 15 is 0 Å². The molecule has 0 amide bonds. The van der Waals surface area contributed by atoms with Crippen molar-refractivity contribution in [2.24, 2.45) is 0 Å². The maximum absolute atomic E-state index is 12.5. The number of sulfonamides is 2. The van der Waals surface area contributed by atoms with E-state index in [1.54, 1.807) is 31.2 Å². The Morgan fingerprint density at radius 2 is 1.70 bits per heavy atom. The Balaban J connectivity index is 2.35. The highest BCUT2D eigenvalue weighted by molar-refractivity contribution is 7.95. The summed E-state index contributed by atoms with van der Waals surface area (Å²) in [6.07, 6.45) is 1.45. The Hall–Kier alpha value is -2.36. The maximum atomic E-state index is 12.5. The number of rotatable bonds is 8. The second kappa shape index (κ2) is 8.55. The number of hydrogen-bond donors (Lipinski definition) is 1. The van der Waals surface area contributed by atoms with Crippen LogP contribution in [0.1, 0.15) is 12.5 Å². The van der Waals surface area contributed by atoms with Gasteiger partial charge in [0.15, 0.2) is 0 Å². The van der Waals surface area contributed by atoms with E-state index in [2.05, 4.69) is 4.72 Å². The molecule has 0 bridgehead atoms. The van der Waals surface area contributed by atoms with E-state index in [1.807, 2.05) is 6.07 Å². The predicted octanol–water partition coefficient (Wildman–Crippen LogP) is 2.75. The molecule has 0 radical (unpaired) electrons. The van der Waals surface area contributed by atoms with Gasteiger partial charge in [0.05, 0.1) is 17.7 Å². The van der Waals surface area contributed by atoms with Crippen molar-refractivity contribution in [2.75, 3.05) is 25.4 Å². The van der Waals surface area contributed by atoms with Crippen LogP contribution >= 0.6 is 0 Å². The zero-order chi connectivity index (χ0) is 20.1. The molecule has 0 aliphatic rings. The number of ether oxygens (including phenoxy) is 1. The van der Waals surface area contributed by atoms with Crippen molar-refractivity contribution in [1.29, 1.82) is 0 Å². The second-order valence-electron chi connectivity index (χ2n) is 5.74. The Labute approximate surface area is 160 Å². The fraction of sp³-hybridized carbons (Fsp3) is 0.222. The number of nitrogens with one attached hydrogen (secondary N) is 1. The lowest BCUT2D eigenvalue weighted by atomic mass is 10.2. The SMILES string of the molecule is CCOc1ccc(NS(=O)(=O)/C=C/c2ccccc2)cc1S(=O)(=O)N(C)C. The first-order valence-corrected chi connectivity index (χ1v) is 11.1. The Kier molecular flexibility index (Phi) is 6.63. The molecule has 9 heteroatoms. The molecule has 2 aromatic rings. The monoisotopic (exact) mass is 410 g/mol. The van der Waals surface area contributed by atoms with E-state index in [4.69, 9.17) is 4.74 Å². The average molecular weight is 411 g/mol. The number of nitrogens with zero attached hydrogens (tertiary/aromatic N) is 1. The van der Waals surface area contributed by atoms with Gasteiger partial charge in [0.25, 0.3) is 10.0 Å². The molecule has 27 heavy (non-hydrogen) atoms. The molecule has 0 heterocycles. The minimum absolute atomic E-state index is 0.110. The zero-order valence-electron chi connectivity index (χ0n) is 15.3. The molecule has 2 rings (SSSR count). The third-order valence-electron chi connectivity index (χ3n) is 3.50. The minimum Gasteiger partial charge on any atom is -0.492 e. The molecule has 0 aliphatic carbocycles. The molecule has 146 valence electrons. The summed E-state index contributed by atoms with van der Waals surface area (Å²) in [6, 6.07) is 13.1. The fourth-order valence-electron chi connectivity index (χ4n) is 2.18. The molecular formula is C18H22N2O5S2. The van der Waals surface area contributed by atoms with E-state index < -0.39 is 20.0 Å². The first-order chi connectivity index (χ1) is 12.7. The fourth-order valence-corrected chi connectivity index (χ4v) is 4.09. The molecule has 0 saturated carbocycles. The van der Waals surface area contributed by atoms with Gasteiger partial charge in [-0.3, -0.25) is 4.72 Å². The Morgan fingerprint density at radius 1 is 1.04 bits per heavy atom. The van der Waals surface area contributed by atoms with Crippen molar-refractivity contribution >= 4 is 31.8 Å². The predicted molar refractivity (Wildman–Crippen MR) is 107 cm³/mol. The summed E-state index contributed by atoms with van der Waals surface area (Å²) < 4.78 is 58.4. The Morgan fingerprint density at radius 3 is 2.30 bits per heavy atom. The van der Waals surface area contributed by atoms with Crippen LogP contribution < -0.4 is 9.46 Å². The molecule has 0 aromatic heterocycles. The average Bonchev–Trinajstić information content (AvgIpc) is 2.62. The molecule has 0 aliphatic heterocycles. The van der Waals surface area contributed by atoms with Crippen LogP contribution in [-0.4, -0.2) is 41.8 Å². The van der Waals surface area contributed by atoms with Gasteiger partial charge in [-0.25, -0.2) is 21.1 Å². The molecule has 0 spiro atoms. The van der Waals surface area contributed by atoms with Crippen LogP contribution in [0.2, 0.25) is 0 Å². The molecule has 7 nitrogen and oxygen atoms in total. The molecule has 2 aromatic carbocycles. The standard InChI is InChI=1S/C18H22N2O5S2/c1-4-25-17-11-10-16(14-18(17)27(23,24)20(2)3)19-26(21,22)13-12-15-8-6-5-7-9-15/h5-14,19H,4H2,1-3H3/b13-12+. The third kappa shape index (κ3) is 5.56. The van der Waals surface area contributed by atoms with Crippen molar-refractivity contribution in [2.45, 2.75) is 11.8 Å². The van der Waals surface area contributed by atoms with Crippen molar-refractivity contribution in [3.63, 3.8) is 0 Å². The first kappa shape index (κ1) is 20.9. The van der Waals surface area contributed by atoms with Crippen LogP contribution in [0.5, 0.6) is 5.75 Å². The van der Waals surface area contributed by atoms with Gasteiger partial charge in [0, 0.05) is 14.1 Å². The van der Waals surface area contributed by atoms with Crippen LogP contribution in [0.3, 0.4) is 0 Å². The highest BCUT2D eigenvalue weighted by atomic mass is 32.2. The minimum atomic E-state index is -3.82. The Bertz CT molecular complexity index is 1010. The normalized spacial score (nSPS) is 12.4. The highest BCUT2D eigenvalue weighted by Gasteiger charge is 2.23. The lowest BCUT2D eigenvalue weighted by Crippen LogP contribution is -2.23. The molecule has 0 atom stereocenters. The van der Waals surface area contributed by atoms with Gasteiger partial charge in [-0.05, 0) is 36.8 Å². The number of hydrogen-bond acceptors (Lipinski definition) is 5. The summed E-state index contributed by atoms with van der Waals surface area (Å²) in [4.78, 5) is -0.110. The lowest BCUT2D eigenvalue weighted by molar-refractivity contribution is 0.330. The maximum Gasteiger partial charge on any atom is 0.255 e. The molecule has 0 saturated heterocycles. The molecule has 0 fully saturated rings. The lowest BCUT2D eigenvalue weighted by Gasteiger charge is -2.16. The largest absolute Gasteiger partial charge is 0.492 e. The van der Waals surface area contributed by atoms with Gasteiger partial charge in [0.1, 0.15) is 10.6 Å². The van der Waals surface area contributed by atoms with Crippen molar-refractivity contribution < 1.29 is 21.6 Å². The summed E-state index contributed by atoms with van der Waals surface area (Å²) >= 11 is 0. The van der Waals surface area contributed by atoms with Gasteiger partial charge in [-0.15, -0.1) is 0 Å².